The van der Waals surface area contributed by atoms with E-state index >= 15 is 0 Å². The summed E-state index contributed by atoms with van der Waals surface area (Å²) in [5.41, 5.74) is 19.6. The molecule has 27 fully saturated rings. The van der Waals surface area contributed by atoms with Crippen molar-refractivity contribution >= 4 is 0 Å². The van der Waals surface area contributed by atoms with Crippen LogP contribution in [0.25, 0.3) is 0 Å². The zero-order valence-corrected chi connectivity index (χ0v) is 23.4. The van der Waals surface area contributed by atoms with Crippen LogP contribution in [0.5, 0.6) is 0 Å². The van der Waals surface area contributed by atoms with Crippen LogP contribution >= 0.6 is 0 Å². The van der Waals surface area contributed by atoms with E-state index in [9.17, 15) is 0 Å². The number of rotatable bonds is 0. The Balaban J connectivity index is 0.960. The predicted molar refractivity (Wildman–Crippen MR) is 132 cm³/mol. The molecule has 27 aliphatic carbocycles. The topological polar surface area (TPSA) is 0 Å². The highest BCUT2D eigenvalue weighted by molar-refractivity contribution is 6.06. The molecular weight excluding hydrogens is 492 g/mol. The molecule has 0 saturated heterocycles. The Hall–Kier alpha value is 0. The van der Waals surface area contributed by atoms with Gasteiger partial charge in [0.05, 0.1) is 0 Å². The molecule has 0 aromatic carbocycles. The Kier molecular flexibility index (Phi) is 0.806. The Morgan fingerprint density at radius 3 is 1.39 bits per heavy atom. The molecule has 0 heteroatoms. The number of fused-ring (bicyclic) bond motifs is 12. The molecule has 0 aromatic rings. The maximum Gasteiger partial charge on any atom is -0.000728 e. The highest BCUT2D eigenvalue weighted by Gasteiger charge is 3.62. The van der Waals surface area contributed by atoms with Crippen molar-refractivity contribution in [1.82, 2.24) is 0 Å². The fourth-order valence-electron chi connectivity index (χ4n) is 42.3. The largest absolute Gasteiger partial charge is 0.0616 e. The van der Waals surface area contributed by atoms with Crippen LogP contribution in [-0.4, -0.2) is 0 Å². The van der Waals surface area contributed by atoms with Gasteiger partial charge in [0, 0.05) is 0 Å². The third kappa shape index (κ3) is 0.335. The van der Waals surface area contributed by atoms with E-state index in [0.29, 0.717) is 0 Å². The van der Waals surface area contributed by atoms with Gasteiger partial charge in [-0.25, -0.2) is 0 Å². The molecule has 0 bridgehead atoms. The number of hydrogen-bond donors (Lipinski definition) is 0. The lowest BCUT2D eigenvalue weighted by molar-refractivity contribution is -1.16. The summed E-state index contributed by atoms with van der Waals surface area (Å²) >= 11 is 0. The summed E-state index contributed by atoms with van der Waals surface area (Å²) in [5.74, 6) is 23.0. The Morgan fingerprint density at radius 1 is 0.366 bits per heavy atom. The molecule has 0 nitrogen and oxygen atoms in total. The van der Waals surface area contributed by atoms with Crippen LogP contribution in [0, 0.1) is 198 Å². The molecule has 35 atom stereocenters. The van der Waals surface area contributed by atoms with Crippen molar-refractivity contribution in [3.05, 3.63) is 0 Å². The zero-order chi connectivity index (χ0) is 23.4. The fourth-order valence-corrected chi connectivity index (χ4v) is 42.3. The molecule has 27 saturated carbocycles. The van der Waals surface area contributed by atoms with Crippen molar-refractivity contribution in [2.75, 3.05) is 0 Å². The molecule has 18 spiro atoms. The van der Waals surface area contributed by atoms with E-state index in [-0.39, 0.29) is 0 Å². The summed E-state index contributed by atoms with van der Waals surface area (Å²) in [7, 11) is 0. The molecule has 41 heavy (non-hydrogen) atoms. The lowest BCUT2D eigenvalue weighted by Gasteiger charge is -3.61. The van der Waals surface area contributed by atoms with Crippen molar-refractivity contribution in [3.63, 3.8) is 0 Å². The van der Waals surface area contributed by atoms with Crippen molar-refractivity contribution < 1.29 is 0 Å². The highest BCUT2D eigenvalue weighted by Crippen LogP contribution is 3.63. The summed E-state index contributed by atoms with van der Waals surface area (Å²) in [6.45, 7) is 3.04. The molecule has 35 unspecified atom stereocenters. The van der Waals surface area contributed by atoms with E-state index < -0.39 is 0 Å². The Bertz CT molecular complexity index is 2410. The van der Waals surface area contributed by atoms with Gasteiger partial charge in [-0.3, -0.25) is 0 Å². The van der Waals surface area contributed by atoms with Crippen LogP contribution in [0.3, 0.4) is 0 Å². The molecule has 0 radical (unpaired) electrons. The van der Waals surface area contributed by atoms with Crippen LogP contribution < -0.4 is 0 Å². The van der Waals surface area contributed by atoms with E-state index in [1.807, 2.05) is 25.7 Å². The summed E-state index contributed by atoms with van der Waals surface area (Å²) in [5, 5.41) is 0. The molecule has 0 aromatic heterocycles. The standard InChI is InChI=1S/C41H30/c1-7-15-21-18-13-5-10-17-11-6-14-20-23-22-19-12-4-9-16-8-2-3-24(8)28(7)34(15)35(21)32(18)26(10,13)30(17)27(11,14)33(20)37(23)36(22)31(19)25(9,12)29(16,24)38(28,31)40(34,36)41(35,37)39(30,32)33/h7-23H,2-6H2,1H3. The summed E-state index contributed by atoms with van der Waals surface area (Å²) in [6, 6.07) is 0. The molecule has 0 heterocycles. The molecular formula is C41H30. The second-order valence-corrected chi connectivity index (χ2v) is 25.7. The molecule has 0 aliphatic heterocycles. The lowest BCUT2D eigenvalue weighted by Crippen LogP contribution is -3.60. The van der Waals surface area contributed by atoms with Gasteiger partial charge in [0.15, 0.2) is 0 Å². The second-order valence-electron chi connectivity index (χ2n) is 25.7. The van der Waals surface area contributed by atoms with Gasteiger partial charge in [0.25, 0.3) is 0 Å². The first-order valence-corrected chi connectivity index (χ1v) is 20.3. The maximum absolute atomic E-state index is 3.04. The lowest BCUT2D eigenvalue weighted by atomic mass is 8.41. The van der Waals surface area contributed by atoms with E-state index in [0.717, 1.165) is 97.5 Å². The van der Waals surface area contributed by atoms with Crippen LogP contribution in [-0.2, 0) is 0 Å². The van der Waals surface area contributed by atoms with Crippen molar-refractivity contribution in [3.8, 4) is 0 Å². The monoisotopic (exact) mass is 522 g/mol. The minimum Gasteiger partial charge on any atom is -0.0616 e. The summed E-state index contributed by atoms with van der Waals surface area (Å²) < 4.78 is 0. The third-order valence-electron chi connectivity index (χ3n) is 33.9. The first kappa shape index (κ1) is 14.6. The molecule has 27 aliphatic rings. The minimum absolute atomic E-state index is 1.02. The van der Waals surface area contributed by atoms with Gasteiger partial charge >= 0.3 is 0 Å². The molecule has 0 amide bonds. The first-order chi connectivity index (χ1) is 20.3. The Labute approximate surface area is 236 Å². The average molecular weight is 523 g/mol. The van der Waals surface area contributed by atoms with Gasteiger partial charge in [-0.05, 0) is 230 Å². The number of hydrogen-bond acceptors (Lipinski definition) is 0. The average Bonchev–Trinajstić information content (AvgIpc) is 2.83. The van der Waals surface area contributed by atoms with E-state index in [1.165, 1.54) is 101 Å². The summed E-state index contributed by atoms with van der Waals surface area (Å²) in [6.07, 6.45) is 8.99. The first-order valence-electron chi connectivity index (χ1n) is 20.3. The zero-order valence-electron chi connectivity index (χ0n) is 23.4. The van der Waals surface area contributed by atoms with Crippen molar-refractivity contribution in [2.24, 2.45) is 198 Å². The maximum atomic E-state index is 3.04. The minimum atomic E-state index is 1.02. The van der Waals surface area contributed by atoms with E-state index in [4.69, 9.17) is 0 Å². The highest BCUT2D eigenvalue weighted by atomic mass is 15.6. The van der Waals surface area contributed by atoms with Crippen LogP contribution in [0.1, 0.15) is 39.0 Å². The van der Waals surface area contributed by atoms with Crippen LogP contribution in [0.4, 0.5) is 0 Å². The Morgan fingerprint density at radius 2 is 0.829 bits per heavy atom. The van der Waals surface area contributed by atoms with Gasteiger partial charge in [-0.15, -0.1) is 0 Å². The van der Waals surface area contributed by atoms with Crippen LogP contribution in [0.15, 0.2) is 0 Å². The van der Waals surface area contributed by atoms with E-state index in [1.54, 1.807) is 6.42 Å². The SMILES string of the molecule is CC1C2C3C4C5CC6C7C8CC9C%10C%11C%12C%13C%14CC%15C%16C%17CCC%17%18C%16%17C%15%14C%13%14C%12%13C%11%12C%10%11C89C78C65C45C34C23C1%18C%17%14C3%13C4%12C85%11. The molecule has 27 rings (SSSR count). The smallest absolute Gasteiger partial charge is 0.000728 e. The van der Waals surface area contributed by atoms with Crippen LogP contribution in [0.2, 0.25) is 0 Å². The van der Waals surface area contributed by atoms with Gasteiger partial charge in [0.2, 0.25) is 0 Å². The van der Waals surface area contributed by atoms with Gasteiger partial charge in [0.1, 0.15) is 0 Å². The van der Waals surface area contributed by atoms with Crippen molar-refractivity contribution in [2.45, 2.75) is 39.0 Å². The van der Waals surface area contributed by atoms with Crippen molar-refractivity contribution in [1.29, 1.82) is 0 Å². The summed E-state index contributed by atoms with van der Waals surface area (Å²) in [4.78, 5) is 0. The quantitative estimate of drug-likeness (QED) is 0.438. The third-order valence-corrected chi connectivity index (χ3v) is 33.9. The molecule has 0 N–H and O–H groups in total. The van der Waals surface area contributed by atoms with Gasteiger partial charge in [-0.2, -0.15) is 0 Å². The normalized spacial score (nSPS) is 132. The van der Waals surface area contributed by atoms with Gasteiger partial charge < -0.3 is 0 Å². The molecule has 194 valence electrons. The fraction of sp³-hybridized carbons (Fsp3) is 1.00. The van der Waals surface area contributed by atoms with Gasteiger partial charge in [-0.1, -0.05) is 6.92 Å². The van der Waals surface area contributed by atoms with E-state index in [2.05, 4.69) is 6.92 Å². The predicted octanol–water partition coefficient (Wildman–Crippen LogP) is 4.55. The second kappa shape index (κ2) is 2.26.